The van der Waals surface area contributed by atoms with Crippen molar-refractivity contribution < 1.29 is 18.7 Å². The lowest BCUT2D eigenvalue weighted by atomic mass is 10.2. The number of hydrogen-bond acceptors (Lipinski definition) is 4. The molecule has 0 radical (unpaired) electrons. The van der Waals surface area contributed by atoms with E-state index in [4.69, 9.17) is 4.74 Å². The quantitative estimate of drug-likeness (QED) is 0.444. The Kier molecular flexibility index (Phi) is 5.72. The fourth-order valence-electron chi connectivity index (χ4n) is 2.86. The number of para-hydroxylation sites is 1. The molecular weight excluding hydrogens is 403 g/mol. The van der Waals surface area contributed by atoms with E-state index in [2.05, 4.69) is 10.6 Å². The van der Waals surface area contributed by atoms with E-state index in [1.165, 1.54) is 17.4 Å². The van der Waals surface area contributed by atoms with Crippen LogP contribution in [0.25, 0.3) is 10.1 Å². The van der Waals surface area contributed by atoms with Gasteiger partial charge in [0.25, 0.3) is 11.8 Å². The van der Waals surface area contributed by atoms with Crippen LogP contribution in [0.3, 0.4) is 0 Å². The van der Waals surface area contributed by atoms with Crippen LogP contribution in [0, 0.1) is 5.82 Å². The lowest BCUT2D eigenvalue weighted by Crippen LogP contribution is -2.20. The maximum absolute atomic E-state index is 13.9. The lowest BCUT2D eigenvalue weighted by Gasteiger charge is -2.09. The van der Waals surface area contributed by atoms with Gasteiger partial charge < -0.3 is 15.4 Å². The number of hydrogen-bond donors (Lipinski definition) is 2. The molecule has 2 N–H and O–H groups in total. The summed E-state index contributed by atoms with van der Waals surface area (Å²) in [7, 11) is 0. The van der Waals surface area contributed by atoms with Crippen molar-refractivity contribution in [3.63, 3.8) is 0 Å². The monoisotopic (exact) mass is 420 g/mol. The number of carbonyl (C=O) groups excluding carboxylic acids is 2. The van der Waals surface area contributed by atoms with Crippen molar-refractivity contribution in [1.29, 1.82) is 0 Å². The summed E-state index contributed by atoms with van der Waals surface area (Å²) in [4.78, 5) is 25.0. The van der Waals surface area contributed by atoms with Crippen molar-refractivity contribution in [2.75, 3.05) is 17.2 Å². The minimum Gasteiger partial charge on any atom is -0.484 e. The highest BCUT2D eigenvalue weighted by Gasteiger charge is 2.13. The van der Waals surface area contributed by atoms with E-state index in [1.54, 1.807) is 54.6 Å². The maximum atomic E-state index is 13.9. The Labute approximate surface area is 176 Å². The van der Waals surface area contributed by atoms with E-state index < -0.39 is 0 Å². The number of thiophene rings is 1. The molecule has 0 fully saturated rings. The van der Waals surface area contributed by atoms with Crippen LogP contribution in [-0.4, -0.2) is 18.4 Å². The molecule has 4 aromatic rings. The topological polar surface area (TPSA) is 67.4 Å². The molecule has 0 unspecified atom stereocenters. The lowest BCUT2D eigenvalue weighted by molar-refractivity contribution is -0.118. The van der Waals surface area contributed by atoms with Gasteiger partial charge in [0.05, 0.1) is 4.88 Å². The van der Waals surface area contributed by atoms with Gasteiger partial charge in [-0.2, -0.15) is 0 Å². The first kappa shape index (κ1) is 19.6. The molecule has 3 aromatic carbocycles. The van der Waals surface area contributed by atoms with Gasteiger partial charge in [-0.15, -0.1) is 11.3 Å². The zero-order chi connectivity index (χ0) is 20.9. The number of halogens is 1. The fraction of sp³-hybridized carbons (Fsp3) is 0.0435. The first-order valence-corrected chi connectivity index (χ1v) is 9.97. The van der Waals surface area contributed by atoms with Crippen molar-refractivity contribution in [2.45, 2.75) is 0 Å². The number of carbonyl (C=O) groups is 2. The van der Waals surface area contributed by atoms with Crippen LogP contribution < -0.4 is 15.4 Å². The Hall–Kier alpha value is -3.71. The molecule has 0 aliphatic rings. The van der Waals surface area contributed by atoms with E-state index in [-0.39, 0.29) is 24.2 Å². The second-order valence-corrected chi connectivity index (χ2v) is 7.53. The van der Waals surface area contributed by atoms with E-state index in [1.807, 2.05) is 18.2 Å². The van der Waals surface area contributed by atoms with Crippen LogP contribution in [0.4, 0.5) is 15.8 Å². The highest BCUT2D eigenvalue weighted by Crippen LogP contribution is 2.28. The summed E-state index contributed by atoms with van der Waals surface area (Å²) in [6, 6.07) is 22.1. The minimum absolute atomic E-state index is 0.165. The molecule has 2 amide bonds. The van der Waals surface area contributed by atoms with Crippen LogP contribution >= 0.6 is 11.3 Å². The SMILES string of the molecule is O=C(COc1cccc(NC(=O)c2cc3c(F)cccc3s2)c1)Nc1ccccc1. The number of ether oxygens (including phenoxy) is 1. The first-order valence-electron chi connectivity index (χ1n) is 9.16. The molecule has 0 bridgehead atoms. The van der Waals surface area contributed by atoms with E-state index >= 15 is 0 Å². The molecule has 0 aliphatic heterocycles. The molecule has 150 valence electrons. The average molecular weight is 420 g/mol. The Morgan fingerprint density at radius 1 is 0.867 bits per heavy atom. The standard InChI is InChI=1S/C23H17FN2O3S/c24-19-10-5-11-20-18(19)13-21(30-20)23(28)26-16-8-4-9-17(12-16)29-14-22(27)25-15-6-2-1-3-7-15/h1-13H,14H2,(H,25,27)(H,26,28). The Bertz CT molecular complexity index is 1210. The van der Waals surface area contributed by atoms with E-state index in [9.17, 15) is 14.0 Å². The third-order valence-electron chi connectivity index (χ3n) is 4.25. The molecule has 5 nitrogen and oxygen atoms in total. The molecule has 0 atom stereocenters. The summed E-state index contributed by atoms with van der Waals surface area (Å²) >= 11 is 1.22. The number of fused-ring (bicyclic) bond motifs is 1. The summed E-state index contributed by atoms with van der Waals surface area (Å²) in [6.45, 7) is -0.165. The van der Waals surface area contributed by atoms with Gasteiger partial charge in [0.2, 0.25) is 0 Å². The number of benzene rings is 3. The molecule has 0 aliphatic carbocycles. The van der Waals surface area contributed by atoms with Gasteiger partial charge in [-0.05, 0) is 42.5 Å². The van der Waals surface area contributed by atoms with Crippen LogP contribution in [0.2, 0.25) is 0 Å². The third-order valence-corrected chi connectivity index (χ3v) is 5.35. The molecule has 4 rings (SSSR count). The third kappa shape index (κ3) is 4.64. The maximum Gasteiger partial charge on any atom is 0.265 e. The molecule has 1 aromatic heterocycles. The molecule has 1 heterocycles. The predicted octanol–water partition coefficient (Wildman–Crippen LogP) is 5.31. The summed E-state index contributed by atoms with van der Waals surface area (Å²) in [5.41, 5.74) is 1.20. The van der Waals surface area contributed by atoms with Crippen molar-refractivity contribution in [3.05, 3.63) is 89.6 Å². The zero-order valence-electron chi connectivity index (χ0n) is 15.7. The van der Waals surface area contributed by atoms with Gasteiger partial charge in [-0.3, -0.25) is 9.59 Å². The van der Waals surface area contributed by atoms with Crippen molar-refractivity contribution in [1.82, 2.24) is 0 Å². The zero-order valence-corrected chi connectivity index (χ0v) is 16.5. The fourth-order valence-corrected chi connectivity index (χ4v) is 3.83. The molecule has 0 saturated heterocycles. The van der Waals surface area contributed by atoms with E-state index in [0.29, 0.717) is 32.1 Å². The second-order valence-electron chi connectivity index (χ2n) is 6.45. The van der Waals surface area contributed by atoms with Gasteiger partial charge in [0.15, 0.2) is 6.61 Å². The first-order chi connectivity index (χ1) is 14.6. The molecular formula is C23H17FN2O3S. The Morgan fingerprint density at radius 2 is 1.63 bits per heavy atom. The van der Waals surface area contributed by atoms with Gasteiger partial charge in [-0.1, -0.05) is 30.3 Å². The highest BCUT2D eigenvalue weighted by molar-refractivity contribution is 7.20. The van der Waals surface area contributed by atoms with Gasteiger partial charge in [0, 0.05) is 27.5 Å². The second kappa shape index (κ2) is 8.75. The number of nitrogens with one attached hydrogen (secondary N) is 2. The molecule has 0 spiro atoms. The molecule has 30 heavy (non-hydrogen) atoms. The van der Waals surface area contributed by atoms with Gasteiger partial charge in [-0.25, -0.2) is 4.39 Å². The summed E-state index contributed by atoms with van der Waals surface area (Å²) in [5, 5.41) is 5.93. The largest absolute Gasteiger partial charge is 0.484 e. The van der Waals surface area contributed by atoms with Gasteiger partial charge >= 0.3 is 0 Å². The summed E-state index contributed by atoms with van der Waals surface area (Å²) in [5.74, 6) is -0.539. The predicted molar refractivity (Wildman–Crippen MR) is 117 cm³/mol. The highest BCUT2D eigenvalue weighted by atomic mass is 32.1. The van der Waals surface area contributed by atoms with Crippen LogP contribution in [0.15, 0.2) is 78.9 Å². The molecule has 7 heteroatoms. The normalized spacial score (nSPS) is 10.6. The number of rotatable bonds is 6. The minimum atomic E-state index is -0.355. The Balaban J connectivity index is 1.38. The van der Waals surface area contributed by atoms with Crippen LogP contribution in [-0.2, 0) is 4.79 Å². The average Bonchev–Trinajstić information content (AvgIpc) is 3.19. The van der Waals surface area contributed by atoms with E-state index in [0.717, 1.165) is 0 Å². The van der Waals surface area contributed by atoms with Crippen molar-refractivity contribution in [2.24, 2.45) is 0 Å². The summed E-state index contributed by atoms with van der Waals surface area (Å²) in [6.07, 6.45) is 0. The van der Waals surface area contributed by atoms with Crippen molar-refractivity contribution >= 4 is 44.6 Å². The molecule has 0 saturated carbocycles. The number of amides is 2. The van der Waals surface area contributed by atoms with Gasteiger partial charge in [0.1, 0.15) is 11.6 Å². The smallest absolute Gasteiger partial charge is 0.265 e. The number of anilines is 2. The van der Waals surface area contributed by atoms with Crippen molar-refractivity contribution in [3.8, 4) is 5.75 Å². The Morgan fingerprint density at radius 3 is 2.43 bits per heavy atom. The van der Waals surface area contributed by atoms with Crippen LogP contribution in [0.5, 0.6) is 5.75 Å². The van der Waals surface area contributed by atoms with Crippen LogP contribution in [0.1, 0.15) is 9.67 Å². The summed E-state index contributed by atoms with van der Waals surface area (Å²) < 4.78 is 20.1.